The lowest BCUT2D eigenvalue weighted by Gasteiger charge is -2.27. The Morgan fingerprint density at radius 2 is 1.93 bits per heavy atom. The highest BCUT2D eigenvalue weighted by Crippen LogP contribution is 2.35. The lowest BCUT2D eigenvalue weighted by Crippen LogP contribution is -2.31. The zero-order valence-corrected chi connectivity index (χ0v) is 14.8. The molecule has 1 saturated heterocycles. The van der Waals surface area contributed by atoms with Crippen LogP contribution >= 0.6 is 0 Å². The number of halogens is 2. The molecule has 0 spiro atoms. The maximum Gasteiger partial charge on any atom is 0.255 e. The van der Waals surface area contributed by atoms with Crippen LogP contribution in [0.4, 0.5) is 14.7 Å². The summed E-state index contributed by atoms with van der Waals surface area (Å²) in [6.45, 7) is 0.713. The number of nitrogens with zero attached hydrogens (tertiary/aromatic N) is 4. The van der Waals surface area contributed by atoms with Crippen molar-refractivity contribution in [2.24, 2.45) is 7.05 Å². The standard InChI is InChI=1S/C20H18F2N4O/c1-25-19(27)11-17(15-8-9-23-12-16(15)22)24-20(25)26-10-2-3-18(26)13-4-6-14(21)7-5-13/h4-9,11-12,18H,2-3,10H2,1H3. The van der Waals surface area contributed by atoms with Crippen LogP contribution in [-0.4, -0.2) is 21.1 Å². The second kappa shape index (κ2) is 6.90. The molecule has 7 heteroatoms. The number of aromatic nitrogens is 3. The van der Waals surface area contributed by atoms with Gasteiger partial charge in [-0.3, -0.25) is 14.3 Å². The predicted octanol–water partition coefficient (Wildman–Crippen LogP) is 3.46. The minimum absolute atomic E-state index is 0.0127. The molecule has 5 nitrogen and oxygen atoms in total. The Hall–Kier alpha value is -3.09. The van der Waals surface area contributed by atoms with E-state index in [0.717, 1.165) is 24.6 Å². The molecule has 3 aromatic rings. The van der Waals surface area contributed by atoms with Crippen LogP contribution in [0.2, 0.25) is 0 Å². The van der Waals surface area contributed by atoms with Gasteiger partial charge in [-0.1, -0.05) is 12.1 Å². The van der Waals surface area contributed by atoms with E-state index < -0.39 is 5.82 Å². The monoisotopic (exact) mass is 368 g/mol. The van der Waals surface area contributed by atoms with E-state index in [4.69, 9.17) is 0 Å². The van der Waals surface area contributed by atoms with Crippen LogP contribution < -0.4 is 10.5 Å². The SMILES string of the molecule is Cn1c(N2CCCC2c2ccc(F)cc2)nc(-c2ccncc2F)cc1=O. The summed E-state index contributed by atoms with van der Waals surface area (Å²) in [4.78, 5) is 22.9. The van der Waals surface area contributed by atoms with E-state index in [1.807, 2.05) is 4.90 Å². The Bertz CT molecular complexity index is 1030. The largest absolute Gasteiger partial charge is 0.335 e. The van der Waals surface area contributed by atoms with Crippen LogP contribution in [0.1, 0.15) is 24.4 Å². The van der Waals surface area contributed by atoms with Gasteiger partial charge in [-0.25, -0.2) is 13.8 Å². The van der Waals surface area contributed by atoms with Crippen LogP contribution in [0.25, 0.3) is 11.3 Å². The molecule has 1 aliphatic rings. The van der Waals surface area contributed by atoms with Gasteiger partial charge < -0.3 is 4.90 Å². The third-order valence-corrected chi connectivity index (χ3v) is 4.92. The number of hydrogen-bond donors (Lipinski definition) is 0. The summed E-state index contributed by atoms with van der Waals surface area (Å²) >= 11 is 0. The molecule has 0 bridgehead atoms. The van der Waals surface area contributed by atoms with E-state index in [2.05, 4.69) is 9.97 Å². The minimum Gasteiger partial charge on any atom is -0.335 e. The molecular formula is C20H18F2N4O. The van der Waals surface area contributed by atoms with Crippen molar-refractivity contribution in [1.29, 1.82) is 0 Å². The van der Waals surface area contributed by atoms with Crippen molar-refractivity contribution in [1.82, 2.24) is 14.5 Å². The lowest BCUT2D eigenvalue weighted by molar-refractivity contribution is 0.621. The average molecular weight is 368 g/mol. The van der Waals surface area contributed by atoms with Crippen molar-refractivity contribution >= 4 is 5.95 Å². The molecule has 0 aliphatic carbocycles. The molecule has 2 aromatic heterocycles. The Morgan fingerprint density at radius 1 is 1.15 bits per heavy atom. The first kappa shape index (κ1) is 17.3. The zero-order valence-electron chi connectivity index (χ0n) is 14.8. The van der Waals surface area contributed by atoms with Crippen LogP contribution in [0.3, 0.4) is 0 Å². The predicted molar refractivity (Wildman–Crippen MR) is 98.4 cm³/mol. The summed E-state index contributed by atoms with van der Waals surface area (Å²) < 4.78 is 28.9. The van der Waals surface area contributed by atoms with Gasteiger partial charge in [-0.05, 0) is 36.6 Å². The molecule has 0 N–H and O–H groups in total. The lowest BCUT2D eigenvalue weighted by atomic mass is 10.0. The molecule has 138 valence electrons. The highest BCUT2D eigenvalue weighted by atomic mass is 19.1. The van der Waals surface area contributed by atoms with Gasteiger partial charge in [0.05, 0.1) is 17.9 Å². The molecule has 1 fully saturated rings. The minimum atomic E-state index is -0.527. The summed E-state index contributed by atoms with van der Waals surface area (Å²) in [5.41, 5.74) is 1.21. The molecular weight excluding hydrogens is 350 g/mol. The van der Waals surface area contributed by atoms with Gasteiger partial charge in [-0.15, -0.1) is 0 Å². The Kier molecular flexibility index (Phi) is 4.43. The molecule has 4 rings (SSSR count). The van der Waals surface area contributed by atoms with Gasteiger partial charge in [0.25, 0.3) is 5.56 Å². The van der Waals surface area contributed by atoms with Crippen LogP contribution in [0, 0.1) is 11.6 Å². The van der Waals surface area contributed by atoms with Crippen molar-refractivity contribution in [2.75, 3.05) is 11.4 Å². The van der Waals surface area contributed by atoms with E-state index in [0.29, 0.717) is 12.5 Å². The van der Waals surface area contributed by atoms with E-state index in [1.165, 1.54) is 35.0 Å². The summed E-state index contributed by atoms with van der Waals surface area (Å²) in [5, 5.41) is 0. The quantitative estimate of drug-likeness (QED) is 0.710. The normalized spacial score (nSPS) is 16.7. The fraction of sp³-hybridized carbons (Fsp3) is 0.250. The topological polar surface area (TPSA) is 51.0 Å². The second-order valence-corrected chi connectivity index (χ2v) is 6.60. The van der Waals surface area contributed by atoms with Crippen molar-refractivity contribution < 1.29 is 8.78 Å². The molecule has 0 radical (unpaired) electrons. The first-order valence-electron chi connectivity index (χ1n) is 8.74. The number of benzene rings is 1. The first-order chi connectivity index (χ1) is 13.0. The number of rotatable bonds is 3. The third kappa shape index (κ3) is 3.20. The average Bonchev–Trinajstić information content (AvgIpc) is 3.14. The molecule has 1 unspecified atom stereocenters. The summed E-state index contributed by atoms with van der Waals surface area (Å²) in [5.74, 6) is -0.342. The van der Waals surface area contributed by atoms with Crippen molar-refractivity contribution in [2.45, 2.75) is 18.9 Å². The van der Waals surface area contributed by atoms with E-state index in [1.54, 1.807) is 19.2 Å². The highest BCUT2D eigenvalue weighted by Gasteiger charge is 2.29. The van der Waals surface area contributed by atoms with Gasteiger partial charge in [0.15, 0.2) is 5.82 Å². The van der Waals surface area contributed by atoms with Crippen molar-refractivity contribution in [3.05, 3.63) is 76.3 Å². The molecule has 1 aliphatic heterocycles. The number of pyridine rings is 1. The first-order valence-corrected chi connectivity index (χ1v) is 8.74. The molecule has 1 aromatic carbocycles. The maximum absolute atomic E-state index is 14.1. The van der Waals surface area contributed by atoms with Gasteiger partial charge in [-0.2, -0.15) is 0 Å². The Balaban J connectivity index is 1.80. The van der Waals surface area contributed by atoms with E-state index in [-0.39, 0.29) is 28.7 Å². The van der Waals surface area contributed by atoms with Gasteiger partial charge in [0, 0.05) is 31.4 Å². The molecule has 1 atom stereocenters. The molecule has 27 heavy (non-hydrogen) atoms. The number of anilines is 1. The third-order valence-electron chi connectivity index (χ3n) is 4.92. The Labute approximate surface area is 154 Å². The van der Waals surface area contributed by atoms with Crippen LogP contribution in [0.5, 0.6) is 0 Å². The highest BCUT2D eigenvalue weighted by molar-refractivity contribution is 5.60. The van der Waals surface area contributed by atoms with Gasteiger partial charge in [0.1, 0.15) is 5.82 Å². The number of hydrogen-bond acceptors (Lipinski definition) is 4. The maximum atomic E-state index is 14.1. The fourth-order valence-electron chi connectivity index (χ4n) is 3.54. The zero-order chi connectivity index (χ0) is 19.0. The van der Waals surface area contributed by atoms with Crippen LogP contribution in [0.15, 0.2) is 53.6 Å². The smallest absolute Gasteiger partial charge is 0.255 e. The molecule has 0 amide bonds. The summed E-state index contributed by atoms with van der Waals surface area (Å²) in [7, 11) is 1.65. The molecule has 3 heterocycles. The van der Waals surface area contributed by atoms with Gasteiger partial charge in [0.2, 0.25) is 5.95 Å². The van der Waals surface area contributed by atoms with E-state index in [9.17, 15) is 13.6 Å². The Morgan fingerprint density at radius 3 is 2.67 bits per heavy atom. The van der Waals surface area contributed by atoms with Crippen LogP contribution in [-0.2, 0) is 7.05 Å². The van der Waals surface area contributed by atoms with Crippen molar-refractivity contribution in [3.63, 3.8) is 0 Å². The van der Waals surface area contributed by atoms with E-state index >= 15 is 0 Å². The summed E-state index contributed by atoms with van der Waals surface area (Å²) in [6, 6.07) is 9.18. The summed E-state index contributed by atoms with van der Waals surface area (Å²) in [6.07, 6.45) is 4.36. The molecule has 0 saturated carbocycles. The van der Waals surface area contributed by atoms with Crippen molar-refractivity contribution in [3.8, 4) is 11.3 Å². The fourth-order valence-corrected chi connectivity index (χ4v) is 3.54. The second-order valence-electron chi connectivity index (χ2n) is 6.60. The van der Waals surface area contributed by atoms with Gasteiger partial charge >= 0.3 is 0 Å².